The molecule has 2 saturated heterocycles. The van der Waals surface area contributed by atoms with E-state index in [9.17, 15) is 13.2 Å². The van der Waals surface area contributed by atoms with E-state index in [-0.39, 0.29) is 16.8 Å². The van der Waals surface area contributed by atoms with E-state index >= 15 is 0 Å². The summed E-state index contributed by atoms with van der Waals surface area (Å²) in [6, 6.07) is 5.35. The van der Waals surface area contributed by atoms with Crippen LogP contribution in [0.5, 0.6) is 0 Å². The first-order chi connectivity index (χ1) is 9.50. The maximum atomic E-state index is 12.8. The lowest BCUT2D eigenvalue weighted by Gasteiger charge is -2.43. The van der Waals surface area contributed by atoms with Crippen molar-refractivity contribution < 1.29 is 13.2 Å². The van der Waals surface area contributed by atoms with Crippen molar-refractivity contribution in [1.82, 2.24) is 9.62 Å². The highest BCUT2D eigenvalue weighted by atomic mass is 35.5. The summed E-state index contributed by atoms with van der Waals surface area (Å²) in [5.41, 5.74) is 0. The first-order valence-electron chi connectivity index (χ1n) is 6.57. The van der Waals surface area contributed by atoms with Crippen LogP contribution in [0, 0.1) is 0 Å². The SMILES string of the molecule is O=C1NCC2CCCC1N2S(=O)(=O)c1ccc(Cl)cc1. The Labute approximate surface area is 123 Å². The summed E-state index contributed by atoms with van der Waals surface area (Å²) in [6.07, 6.45) is 2.24. The van der Waals surface area contributed by atoms with Crippen LogP contribution in [-0.4, -0.2) is 37.3 Å². The van der Waals surface area contributed by atoms with Crippen LogP contribution in [0.1, 0.15) is 19.3 Å². The van der Waals surface area contributed by atoms with Crippen molar-refractivity contribution in [2.45, 2.75) is 36.2 Å². The monoisotopic (exact) mass is 314 g/mol. The van der Waals surface area contributed by atoms with Gasteiger partial charge in [-0.3, -0.25) is 4.79 Å². The van der Waals surface area contributed by atoms with Gasteiger partial charge in [-0.1, -0.05) is 11.6 Å². The molecule has 2 unspecified atom stereocenters. The fourth-order valence-corrected chi connectivity index (χ4v) is 4.88. The Balaban J connectivity index is 2.01. The molecule has 1 aromatic rings. The molecule has 0 spiro atoms. The zero-order valence-corrected chi connectivity index (χ0v) is 12.3. The minimum Gasteiger partial charge on any atom is -0.353 e. The van der Waals surface area contributed by atoms with Gasteiger partial charge in [-0.15, -0.1) is 0 Å². The number of nitrogens with one attached hydrogen (secondary N) is 1. The van der Waals surface area contributed by atoms with Gasteiger partial charge >= 0.3 is 0 Å². The number of amides is 1. The van der Waals surface area contributed by atoms with Gasteiger partial charge in [0, 0.05) is 17.6 Å². The number of nitrogens with zero attached hydrogens (tertiary/aromatic N) is 1. The van der Waals surface area contributed by atoms with Crippen molar-refractivity contribution in [1.29, 1.82) is 0 Å². The molecular weight excluding hydrogens is 300 g/mol. The number of halogens is 1. The molecule has 2 atom stereocenters. The Kier molecular flexibility index (Phi) is 3.48. The fraction of sp³-hybridized carbons (Fsp3) is 0.462. The molecular formula is C13H15ClN2O3S. The first-order valence-corrected chi connectivity index (χ1v) is 8.39. The quantitative estimate of drug-likeness (QED) is 0.897. The molecule has 2 fully saturated rings. The molecule has 2 bridgehead atoms. The molecule has 0 aromatic heterocycles. The Bertz CT molecular complexity index is 630. The lowest BCUT2D eigenvalue weighted by atomic mass is 9.95. The van der Waals surface area contributed by atoms with Crippen LogP contribution in [0.25, 0.3) is 0 Å². The summed E-state index contributed by atoms with van der Waals surface area (Å²) in [4.78, 5) is 12.1. The maximum absolute atomic E-state index is 12.8. The van der Waals surface area contributed by atoms with E-state index in [0.29, 0.717) is 18.0 Å². The van der Waals surface area contributed by atoms with Crippen LogP contribution in [0.4, 0.5) is 0 Å². The molecule has 1 N–H and O–H groups in total. The Morgan fingerprint density at radius 2 is 1.90 bits per heavy atom. The predicted molar refractivity (Wildman–Crippen MR) is 74.9 cm³/mol. The number of fused-ring (bicyclic) bond motifs is 2. The van der Waals surface area contributed by atoms with Gasteiger partial charge in [0.2, 0.25) is 15.9 Å². The van der Waals surface area contributed by atoms with Crippen LogP contribution in [0.15, 0.2) is 29.2 Å². The van der Waals surface area contributed by atoms with Gasteiger partial charge in [-0.05, 0) is 43.5 Å². The van der Waals surface area contributed by atoms with Gasteiger partial charge in [0.05, 0.1) is 4.90 Å². The lowest BCUT2D eigenvalue weighted by molar-refractivity contribution is -0.129. The van der Waals surface area contributed by atoms with Crippen LogP contribution in [0.3, 0.4) is 0 Å². The van der Waals surface area contributed by atoms with Crippen molar-refractivity contribution in [3.05, 3.63) is 29.3 Å². The van der Waals surface area contributed by atoms with E-state index in [4.69, 9.17) is 11.6 Å². The standard InChI is InChI=1S/C13H15ClN2O3S/c14-9-4-6-11(7-5-9)20(18,19)16-10-2-1-3-12(16)13(17)15-8-10/h4-7,10,12H,1-3,8H2,(H,15,17). The van der Waals surface area contributed by atoms with Crippen LogP contribution in [0.2, 0.25) is 5.02 Å². The Morgan fingerprint density at radius 3 is 2.60 bits per heavy atom. The molecule has 0 aliphatic carbocycles. The minimum absolute atomic E-state index is 0.146. The molecule has 2 aliphatic heterocycles. The van der Waals surface area contributed by atoms with E-state index in [1.54, 1.807) is 12.1 Å². The second-order valence-corrected chi connectivity index (χ2v) is 7.41. The number of hydrogen-bond acceptors (Lipinski definition) is 3. The van der Waals surface area contributed by atoms with Crippen molar-refractivity contribution in [2.75, 3.05) is 6.54 Å². The summed E-state index contributed by atoms with van der Waals surface area (Å²) >= 11 is 5.79. The molecule has 1 amide bonds. The van der Waals surface area contributed by atoms with E-state index in [2.05, 4.69) is 5.32 Å². The number of rotatable bonds is 2. The normalized spacial score (nSPS) is 27.1. The Hall–Kier alpha value is -1.11. The molecule has 3 rings (SSSR count). The average Bonchev–Trinajstić information content (AvgIpc) is 2.43. The lowest BCUT2D eigenvalue weighted by Crippen LogP contribution is -2.63. The van der Waals surface area contributed by atoms with Gasteiger partial charge in [0.25, 0.3) is 0 Å². The summed E-state index contributed by atoms with van der Waals surface area (Å²) in [6.45, 7) is 0.391. The Morgan fingerprint density at radius 1 is 1.20 bits per heavy atom. The predicted octanol–water partition coefficient (Wildman–Crippen LogP) is 1.38. The smallest absolute Gasteiger partial charge is 0.244 e. The molecule has 2 heterocycles. The third-order valence-corrected chi connectivity index (χ3v) is 6.11. The van der Waals surface area contributed by atoms with Crippen LogP contribution >= 0.6 is 11.6 Å². The van der Waals surface area contributed by atoms with Gasteiger partial charge in [-0.2, -0.15) is 4.31 Å². The number of sulfonamides is 1. The number of piperidine rings is 1. The summed E-state index contributed by atoms with van der Waals surface area (Å²) in [7, 11) is -3.66. The largest absolute Gasteiger partial charge is 0.353 e. The molecule has 0 radical (unpaired) electrons. The molecule has 7 heteroatoms. The highest BCUT2D eigenvalue weighted by Crippen LogP contribution is 2.32. The molecule has 108 valence electrons. The second-order valence-electron chi connectivity index (χ2n) is 5.13. The number of carbonyl (C=O) groups excluding carboxylic acids is 1. The highest BCUT2D eigenvalue weighted by Gasteiger charge is 2.46. The van der Waals surface area contributed by atoms with Crippen molar-refractivity contribution in [3.63, 3.8) is 0 Å². The van der Waals surface area contributed by atoms with E-state index in [1.165, 1.54) is 16.4 Å². The maximum Gasteiger partial charge on any atom is 0.244 e. The molecule has 2 aliphatic rings. The zero-order valence-electron chi connectivity index (χ0n) is 10.8. The zero-order chi connectivity index (χ0) is 14.3. The second kappa shape index (κ2) is 5.02. The molecule has 20 heavy (non-hydrogen) atoms. The fourth-order valence-electron chi connectivity index (χ4n) is 2.92. The van der Waals surface area contributed by atoms with Crippen molar-refractivity contribution in [3.8, 4) is 0 Å². The summed E-state index contributed by atoms with van der Waals surface area (Å²) in [5, 5.41) is 3.27. The average molecular weight is 315 g/mol. The number of piperazine rings is 1. The van der Waals surface area contributed by atoms with Crippen LogP contribution < -0.4 is 5.32 Å². The third kappa shape index (κ3) is 2.21. The highest BCUT2D eigenvalue weighted by molar-refractivity contribution is 7.89. The van der Waals surface area contributed by atoms with E-state index in [1.807, 2.05) is 0 Å². The minimum atomic E-state index is -3.66. The molecule has 1 aromatic carbocycles. The summed E-state index contributed by atoms with van der Waals surface area (Å²) in [5.74, 6) is -0.196. The van der Waals surface area contributed by atoms with E-state index in [0.717, 1.165) is 12.8 Å². The van der Waals surface area contributed by atoms with Gasteiger partial charge in [0.1, 0.15) is 6.04 Å². The number of benzene rings is 1. The molecule has 0 saturated carbocycles. The van der Waals surface area contributed by atoms with E-state index < -0.39 is 16.1 Å². The van der Waals surface area contributed by atoms with Crippen molar-refractivity contribution in [2.24, 2.45) is 0 Å². The topological polar surface area (TPSA) is 66.5 Å². The first kappa shape index (κ1) is 13.9. The number of hydrogen-bond donors (Lipinski definition) is 1. The van der Waals surface area contributed by atoms with Crippen molar-refractivity contribution >= 4 is 27.5 Å². The number of carbonyl (C=O) groups is 1. The van der Waals surface area contributed by atoms with Gasteiger partial charge < -0.3 is 5.32 Å². The third-order valence-electron chi connectivity index (χ3n) is 3.89. The molecule has 5 nitrogen and oxygen atoms in total. The summed E-state index contributed by atoms with van der Waals surface area (Å²) < 4.78 is 26.9. The van der Waals surface area contributed by atoms with Crippen LogP contribution in [-0.2, 0) is 14.8 Å². The van der Waals surface area contributed by atoms with Gasteiger partial charge in [-0.25, -0.2) is 8.42 Å². The van der Waals surface area contributed by atoms with Gasteiger partial charge in [0.15, 0.2) is 0 Å².